The Balaban J connectivity index is 1.75. The van der Waals surface area contributed by atoms with Crippen molar-refractivity contribution in [3.63, 3.8) is 0 Å². The number of ether oxygens (including phenoxy) is 2. The third kappa shape index (κ3) is 5.03. The zero-order chi connectivity index (χ0) is 23.1. The molecule has 0 spiro atoms. The molecule has 0 amide bonds. The molecule has 2 aromatic heterocycles. The van der Waals surface area contributed by atoms with Gasteiger partial charge < -0.3 is 18.6 Å². The predicted molar refractivity (Wildman–Crippen MR) is 119 cm³/mol. The maximum absolute atomic E-state index is 12.9. The van der Waals surface area contributed by atoms with Crippen LogP contribution in [-0.2, 0) is 22.6 Å². The summed E-state index contributed by atoms with van der Waals surface area (Å²) < 4.78 is 14.9. The van der Waals surface area contributed by atoms with Crippen molar-refractivity contribution < 1.29 is 19.1 Å². The van der Waals surface area contributed by atoms with Crippen LogP contribution in [0.5, 0.6) is 0 Å². The Labute approximate surface area is 186 Å². The average Bonchev–Trinajstić information content (AvgIpc) is 3.44. The van der Waals surface area contributed by atoms with Gasteiger partial charge in [0.05, 0.1) is 11.1 Å². The van der Waals surface area contributed by atoms with Gasteiger partial charge in [-0.25, -0.2) is 19.6 Å². The molecule has 0 saturated carbocycles. The predicted octanol–water partition coefficient (Wildman–Crippen LogP) is 4.29. The van der Waals surface area contributed by atoms with Crippen molar-refractivity contribution in [3.8, 4) is 0 Å². The van der Waals surface area contributed by atoms with Gasteiger partial charge in [-0.2, -0.15) is 0 Å². The first-order chi connectivity index (χ1) is 15.5. The Morgan fingerprint density at radius 2 is 1.28 bits per heavy atom. The molecule has 0 aliphatic rings. The minimum Gasteiger partial charge on any atom is -0.451 e. The third-order valence-corrected chi connectivity index (χ3v) is 4.81. The first-order valence-corrected chi connectivity index (χ1v) is 10.2. The molecule has 0 radical (unpaired) electrons. The fourth-order valence-electron chi connectivity index (χ4n) is 3.34. The number of esters is 2. The van der Waals surface area contributed by atoms with Crippen molar-refractivity contribution in [1.82, 2.24) is 19.1 Å². The van der Waals surface area contributed by atoms with Crippen molar-refractivity contribution in [3.05, 3.63) is 97.1 Å². The van der Waals surface area contributed by atoms with Gasteiger partial charge >= 0.3 is 11.9 Å². The molecule has 166 valence electrons. The quantitative estimate of drug-likeness (QED) is 0.349. The SMILES string of the molecule is C=CCn1ccnc1C(C)OC(=O)c1ccccc1C(=O)OC(C)c1nccn1CC=C. The molecule has 0 aliphatic heterocycles. The second-order valence-corrected chi connectivity index (χ2v) is 7.09. The number of benzene rings is 1. The van der Waals surface area contributed by atoms with Crippen molar-refractivity contribution in [1.29, 1.82) is 0 Å². The summed E-state index contributed by atoms with van der Waals surface area (Å²) >= 11 is 0. The molecule has 0 fully saturated rings. The number of hydrogen-bond acceptors (Lipinski definition) is 6. The van der Waals surface area contributed by atoms with Gasteiger partial charge in [0.15, 0.2) is 12.2 Å². The fourth-order valence-corrected chi connectivity index (χ4v) is 3.34. The van der Waals surface area contributed by atoms with Crippen LogP contribution in [-0.4, -0.2) is 31.0 Å². The monoisotopic (exact) mass is 434 g/mol. The van der Waals surface area contributed by atoms with Crippen LogP contribution in [0.15, 0.2) is 74.4 Å². The molecule has 3 aromatic rings. The average molecular weight is 434 g/mol. The van der Waals surface area contributed by atoms with E-state index in [0.717, 1.165) is 0 Å². The van der Waals surface area contributed by atoms with E-state index in [9.17, 15) is 9.59 Å². The largest absolute Gasteiger partial charge is 0.451 e. The summed E-state index contributed by atoms with van der Waals surface area (Å²) in [6.07, 6.45) is 9.05. The van der Waals surface area contributed by atoms with E-state index in [1.165, 1.54) is 12.1 Å². The standard InChI is InChI=1S/C24H26N4O4/c1-5-13-27-15-11-25-21(27)17(3)31-23(29)19-9-7-8-10-20(19)24(30)32-18(4)22-26-12-16-28(22)14-6-2/h5-12,15-18H,1-2,13-14H2,3-4H3. The van der Waals surface area contributed by atoms with Crippen LogP contribution in [0.4, 0.5) is 0 Å². The maximum atomic E-state index is 12.9. The molecule has 0 bridgehead atoms. The Kier molecular flexibility index (Phi) is 7.38. The Morgan fingerprint density at radius 1 is 0.875 bits per heavy atom. The molecule has 2 atom stereocenters. The zero-order valence-corrected chi connectivity index (χ0v) is 18.2. The number of aromatic nitrogens is 4. The smallest absolute Gasteiger partial charge is 0.339 e. The van der Waals surface area contributed by atoms with Crippen molar-refractivity contribution in [2.45, 2.75) is 39.1 Å². The summed E-state index contributed by atoms with van der Waals surface area (Å²) in [5.74, 6) is -0.111. The topological polar surface area (TPSA) is 88.2 Å². The number of carbonyl (C=O) groups excluding carboxylic acids is 2. The van der Waals surface area contributed by atoms with Gasteiger partial charge in [0.1, 0.15) is 11.6 Å². The summed E-state index contributed by atoms with van der Waals surface area (Å²) in [7, 11) is 0. The van der Waals surface area contributed by atoms with Gasteiger partial charge in [-0.05, 0) is 26.0 Å². The Hall–Kier alpha value is -3.94. The zero-order valence-electron chi connectivity index (χ0n) is 18.2. The van der Waals surface area contributed by atoms with E-state index < -0.39 is 24.1 Å². The number of allylic oxidation sites excluding steroid dienone is 2. The first kappa shape index (κ1) is 22.7. The van der Waals surface area contributed by atoms with Gasteiger partial charge in [-0.15, -0.1) is 13.2 Å². The highest BCUT2D eigenvalue weighted by Crippen LogP contribution is 2.22. The molecule has 8 nitrogen and oxygen atoms in total. The lowest BCUT2D eigenvalue weighted by Crippen LogP contribution is -2.19. The van der Waals surface area contributed by atoms with Crippen LogP contribution in [0.3, 0.4) is 0 Å². The molecule has 2 unspecified atom stereocenters. The number of imidazole rings is 2. The highest BCUT2D eigenvalue weighted by atomic mass is 16.6. The molecule has 0 aliphatic carbocycles. The van der Waals surface area contributed by atoms with Crippen molar-refractivity contribution in [2.24, 2.45) is 0 Å². The minimum absolute atomic E-state index is 0.118. The van der Waals surface area contributed by atoms with Crippen LogP contribution < -0.4 is 0 Å². The Bertz CT molecular complexity index is 1030. The number of rotatable bonds is 10. The lowest BCUT2D eigenvalue weighted by molar-refractivity contribution is 0.0265. The second kappa shape index (κ2) is 10.4. The third-order valence-electron chi connectivity index (χ3n) is 4.81. The van der Waals surface area contributed by atoms with Gasteiger partial charge in [0, 0.05) is 37.9 Å². The number of nitrogens with zero attached hydrogens (tertiary/aromatic N) is 4. The highest BCUT2D eigenvalue weighted by Gasteiger charge is 2.25. The van der Waals surface area contributed by atoms with E-state index in [0.29, 0.717) is 24.7 Å². The minimum atomic E-state index is -0.640. The molecule has 0 N–H and O–H groups in total. The molecule has 0 saturated heterocycles. The van der Waals surface area contributed by atoms with Crippen LogP contribution in [0.2, 0.25) is 0 Å². The normalized spacial score (nSPS) is 12.6. The van der Waals surface area contributed by atoms with Gasteiger partial charge in [0.25, 0.3) is 0 Å². The van der Waals surface area contributed by atoms with Gasteiger partial charge in [-0.1, -0.05) is 24.3 Å². The summed E-state index contributed by atoms with van der Waals surface area (Å²) in [5.41, 5.74) is 0.237. The van der Waals surface area contributed by atoms with E-state index in [-0.39, 0.29) is 11.1 Å². The van der Waals surface area contributed by atoms with E-state index in [2.05, 4.69) is 23.1 Å². The van der Waals surface area contributed by atoms with Crippen LogP contribution in [0.1, 0.15) is 58.4 Å². The molecular weight excluding hydrogens is 408 g/mol. The van der Waals surface area contributed by atoms with Crippen LogP contribution in [0.25, 0.3) is 0 Å². The van der Waals surface area contributed by atoms with Crippen molar-refractivity contribution in [2.75, 3.05) is 0 Å². The van der Waals surface area contributed by atoms with Crippen molar-refractivity contribution >= 4 is 11.9 Å². The van der Waals surface area contributed by atoms with E-state index in [1.54, 1.807) is 62.9 Å². The highest BCUT2D eigenvalue weighted by molar-refractivity contribution is 6.03. The number of carbonyl (C=O) groups is 2. The molecule has 3 rings (SSSR count). The maximum Gasteiger partial charge on any atom is 0.339 e. The van der Waals surface area contributed by atoms with Gasteiger partial charge in [-0.3, -0.25) is 0 Å². The summed E-state index contributed by atoms with van der Waals surface area (Å²) in [5, 5.41) is 0. The van der Waals surface area contributed by atoms with Gasteiger partial charge in [0.2, 0.25) is 0 Å². The molecule has 8 heteroatoms. The molecule has 32 heavy (non-hydrogen) atoms. The molecular formula is C24H26N4O4. The lowest BCUT2D eigenvalue weighted by atomic mass is 10.1. The van der Waals surface area contributed by atoms with Crippen LogP contribution >= 0.6 is 0 Å². The summed E-state index contributed by atoms with van der Waals surface area (Å²) in [6, 6.07) is 6.39. The van der Waals surface area contributed by atoms with Crippen LogP contribution in [0, 0.1) is 0 Å². The lowest BCUT2D eigenvalue weighted by Gasteiger charge is -2.17. The first-order valence-electron chi connectivity index (χ1n) is 10.2. The van der Waals surface area contributed by atoms with E-state index in [1.807, 2.05) is 9.13 Å². The van der Waals surface area contributed by atoms with E-state index in [4.69, 9.17) is 9.47 Å². The molecule has 1 aromatic carbocycles. The second-order valence-electron chi connectivity index (χ2n) is 7.09. The fraction of sp³-hybridized carbons (Fsp3) is 0.250. The summed E-state index contributed by atoms with van der Waals surface area (Å²) in [4.78, 5) is 34.3. The summed E-state index contributed by atoms with van der Waals surface area (Å²) in [6.45, 7) is 12.0. The number of hydrogen-bond donors (Lipinski definition) is 0. The molecule has 2 heterocycles. The van der Waals surface area contributed by atoms with E-state index >= 15 is 0 Å². The Morgan fingerprint density at radius 3 is 1.66 bits per heavy atom.